The highest BCUT2D eigenvalue weighted by Gasteiger charge is 2.41. The molecule has 6 nitrogen and oxygen atoms in total. The van der Waals surface area contributed by atoms with Crippen LogP contribution in [0.15, 0.2) is 52.2 Å². The molecule has 2 saturated carbocycles. The van der Waals surface area contributed by atoms with Crippen molar-refractivity contribution in [2.45, 2.75) is 44.6 Å². The van der Waals surface area contributed by atoms with Gasteiger partial charge >= 0.3 is 5.97 Å². The molecular weight excluding hydrogens is 416 g/mol. The van der Waals surface area contributed by atoms with Crippen LogP contribution in [0.1, 0.15) is 55.9 Å². The van der Waals surface area contributed by atoms with Gasteiger partial charge in [0.25, 0.3) is 5.91 Å². The zero-order chi connectivity index (χ0) is 21.4. The van der Waals surface area contributed by atoms with Gasteiger partial charge in [0.1, 0.15) is 11.8 Å². The van der Waals surface area contributed by atoms with Crippen LogP contribution in [0.4, 0.5) is 0 Å². The predicted octanol–water partition coefficient (Wildman–Crippen LogP) is 4.98. The Kier molecular flexibility index (Phi) is 5.57. The molecule has 1 aromatic heterocycles. The Labute approximate surface area is 186 Å². The quantitative estimate of drug-likeness (QED) is 0.594. The average Bonchev–Trinajstić information content (AvgIpc) is 3.56. The number of hydrazone groups is 1. The second kappa shape index (κ2) is 8.50. The van der Waals surface area contributed by atoms with E-state index in [9.17, 15) is 9.59 Å². The monoisotopic (exact) mass is 440 g/mol. The fourth-order valence-electron chi connectivity index (χ4n) is 5.37. The second-order valence-corrected chi connectivity index (χ2v) is 9.26. The molecule has 2 heterocycles. The number of fused-ring (bicyclic) bond motifs is 2. The molecule has 4 atom stereocenters. The van der Waals surface area contributed by atoms with E-state index in [1.807, 2.05) is 18.2 Å². The number of rotatable bonds is 6. The van der Waals surface area contributed by atoms with Crippen LogP contribution in [0.5, 0.6) is 0 Å². The van der Waals surface area contributed by atoms with Crippen molar-refractivity contribution in [1.29, 1.82) is 0 Å². The van der Waals surface area contributed by atoms with Gasteiger partial charge in [-0.1, -0.05) is 30.2 Å². The Morgan fingerprint density at radius 1 is 1.16 bits per heavy atom. The van der Waals surface area contributed by atoms with Crippen molar-refractivity contribution >= 4 is 29.2 Å². The lowest BCUT2D eigenvalue weighted by Crippen LogP contribution is -2.31. The van der Waals surface area contributed by atoms with Crippen LogP contribution in [-0.2, 0) is 14.3 Å². The molecule has 2 fully saturated rings. The topological polar surface area (TPSA) is 72.1 Å². The maximum absolute atomic E-state index is 12.9. The molecule has 31 heavy (non-hydrogen) atoms. The average molecular weight is 441 g/mol. The smallest absolute Gasteiger partial charge is 0.306 e. The third-order valence-electron chi connectivity index (χ3n) is 6.88. The number of nitrogens with zero attached hydrogens (tertiary/aromatic N) is 2. The van der Waals surface area contributed by atoms with Crippen molar-refractivity contribution in [1.82, 2.24) is 5.01 Å². The van der Waals surface area contributed by atoms with E-state index < -0.39 is 0 Å². The maximum atomic E-state index is 12.9. The number of halogens is 1. The summed E-state index contributed by atoms with van der Waals surface area (Å²) < 4.78 is 10.9. The zero-order valence-electron chi connectivity index (χ0n) is 17.2. The van der Waals surface area contributed by atoms with Gasteiger partial charge in [-0.3, -0.25) is 9.59 Å². The Bertz CT molecular complexity index is 986. The van der Waals surface area contributed by atoms with E-state index in [1.165, 1.54) is 24.3 Å². The molecule has 2 bridgehead atoms. The third kappa shape index (κ3) is 4.26. The highest BCUT2D eigenvalue weighted by atomic mass is 35.5. The SMILES string of the molecule is O=C(C[C@@H]1C[C@H]2CC[C@@H]1C2)OCC(=O)N1N=C(c2ccc(Cl)cc2)C[C@@H]1c1ccco1. The summed E-state index contributed by atoms with van der Waals surface area (Å²) in [7, 11) is 0. The Morgan fingerprint density at radius 3 is 2.68 bits per heavy atom. The van der Waals surface area contributed by atoms with E-state index in [-0.39, 0.29) is 24.5 Å². The van der Waals surface area contributed by atoms with Gasteiger partial charge in [0.05, 0.1) is 12.0 Å². The Morgan fingerprint density at radius 2 is 2.00 bits per heavy atom. The molecular formula is C24H25ClN2O4. The molecule has 0 unspecified atom stereocenters. The molecule has 2 aromatic rings. The Hall–Kier alpha value is -2.60. The first kappa shape index (κ1) is 20.3. The lowest BCUT2D eigenvalue weighted by Gasteiger charge is -2.21. The van der Waals surface area contributed by atoms with E-state index in [1.54, 1.807) is 24.5 Å². The van der Waals surface area contributed by atoms with Crippen LogP contribution in [0.25, 0.3) is 0 Å². The van der Waals surface area contributed by atoms with E-state index in [2.05, 4.69) is 5.10 Å². The summed E-state index contributed by atoms with van der Waals surface area (Å²) in [5, 5.41) is 6.57. The number of hydrogen-bond acceptors (Lipinski definition) is 5. The molecule has 0 radical (unpaired) electrons. The summed E-state index contributed by atoms with van der Waals surface area (Å²) in [6, 6.07) is 10.6. The lowest BCUT2D eigenvalue weighted by molar-refractivity contribution is -0.154. The van der Waals surface area contributed by atoms with Crippen LogP contribution >= 0.6 is 11.6 Å². The summed E-state index contributed by atoms with van der Waals surface area (Å²) in [6.07, 6.45) is 7.39. The van der Waals surface area contributed by atoms with Gasteiger partial charge in [-0.2, -0.15) is 5.10 Å². The van der Waals surface area contributed by atoms with Gasteiger partial charge in [0.15, 0.2) is 6.61 Å². The van der Waals surface area contributed by atoms with Crippen molar-refractivity contribution in [2.24, 2.45) is 22.9 Å². The minimum atomic E-state index is -0.363. The van der Waals surface area contributed by atoms with E-state index in [0.717, 1.165) is 23.6 Å². The molecule has 1 aliphatic heterocycles. The standard InChI is InChI=1S/C24H25ClN2O4/c25-19-7-5-16(6-8-19)20-13-21(22-2-1-9-30-22)27(26-20)23(28)14-31-24(29)12-18-11-15-3-4-17(18)10-15/h1-2,5-9,15,17-18,21H,3-4,10-14H2/t15-,17+,18-,21+/m0/s1. The molecule has 5 rings (SSSR count). The number of carbonyl (C=O) groups excluding carboxylic acids is 2. The van der Waals surface area contributed by atoms with E-state index in [4.69, 9.17) is 20.8 Å². The first-order chi connectivity index (χ1) is 15.1. The van der Waals surface area contributed by atoms with Gasteiger partial charge in [0.2, 0.25) is 0 Å². The van der Waals surface area contributed by atoms with Gasteiger partial charge in [-0.25, -0.2) is 5.01 Å². The molecule has 7 heteroatoms. The summed E-state index contributed by atoms with van der Waals surface area (Å²) in [6.45, 7) is -0.311. The summed E-state index contributed by atoms with van der Waals surface area (Å²) in [5.74, 6) is 1.85. The highest BCUT2D eigenvalue weighted by molar-refractivity contribution is 6.30. The van der Waals surface area contributed by atoms with Gasteiger partial charge < -0.3 is 9.15 Å². The van der Waals surface area contributed by atoms with E-state index in [0.29, 0.717) is 35.5 Å². The predicted molar refractivity (Wildman–Crippen MR) is 115 cm³/mol. The van der Waals surface area contributed by atoms with Crippen molar-refractivity contribution in [3.8, 4) is 0 Å². The second-order valence-electron chi connectivity index (χ2n) is 8.83. The molecule has 162 valence electrons. The number of furan rings is 1. The van der Waals surface area contributed by atoms with Crippen LogP contribution in [0.3, 0.4) is 0 Å². The molecule has 0 saturated heterocycles. The molecule has 2 aliphatic carbocycles. The Balaban J connectivity index is 1.24. The first-order valence-corrected chi connectivity index (χ1v) is 11.3. The van der Waals surface area contributed by atoms with Crippen LogP contribution in [0.2, 0.25) is 5.02 Å². The minimum Gasteiger partial charge on any atom is -0.467 e. The molecule has 3 aliphatic rings. The highest BCUT2D eigenvalue weighted by Crippen LogP contribution is 2.49. The molecule has 1 amide bonds. The van der Waals surface area contributed by atoms with Crippen LogP contribution in [-0.4, -0.2) is 29.2 Å². The third-order valence-corrected chi connectivity index (χ3v) is 7.14. The number of carbonyl (C=O) groups is 2. The summed E-state index contributed by atoms with van der Waals surface area (Å²) in [4.78, 5) is 25.3. The summed E-state index contributed by atoms with van der Waals surface area (Å²) >= 11 is 5.99. The van der Waals surface area contributed by atoms with Crippen molar-refractivity contribution in [3.05, 3.63) is 59.0 Å². The van der Waals surface area contributed by atoms with Crippen molar-refractivity contribution in [3.63, 3.8) is 0 Å². The van der Waals surface area contributed by atoms with Crippen LogP contribution in [0, 0.1) is 17.8 Å². The first-order valence-electron chi connectivity index (χ1n) is 10.9. The van der Waals surface area contributed by atoms with E-state index >= 15 is 0 Å². The minimum absolute atomic E-state index is 0.290. The normalized spacial score (nSPS) is 26.9. The number of amides is 1. The largest absolute Gasteiger partial charge is 0.467 e. The summed E-state index contributed by atoms with van der Waals surface area (Å²) in [5.41, 5.74) is 1.66. The molecule has 1 aromatic carbocycles. The number of hydrogen-bond donors (Lipinski definition) is 0. The van der Waals surface area contributed by atoms with Crippen LogP contribution < -0.4 is 0 Å². The maximum Gasteiger partial charge on any atom is 0.306 e. The van der Waals surface area contributed by atoms with Gasteiger partial charge in [-0.05, 0) is 66.8 Å². The molecule has 0 spiro atoms. The number of ether oxygens (including phenoxy) is 1. The number of benzene rings is 1. The van der Waals surface area contributed by atoms with Gasteiger partial charge in [-0.15, -0.1) is 0 Å². The van der Waals surface area contributed by atoms with Crippen molar-refractivity contribution < 1.29 is 18.7 Å². The fraction of sp³-hybridized carbons (Fsp3) is 0.458. The lowest BCUT2D eigenvalue weighted by atomic mass is 9.86. The van der Waals surface area contributed by atoms with Gasteiger partial charge in [0, 0.05) is 17.9 Å². The fourth-order valence-corrected chi connectivity index (χ4v) is 5.49. The number of esters is 1. The zero-order valence-corrected chi connectivity index (χ0v) is 18.0. The molecule has 0 N–H and O–H groups in total. The van der Waals surface area contributed by atoms with Crippen molar-refractivity contribution in [2.75, 3.05) is 6.61 Å².